The van der Waals surface area contributed by atoms with Gasteiger partial charge in [-0.1, -0.05) is 6.92 Å². The van der Waals surface area contributed by atoms with E-state index >= 15 is 0 Å². The maximum atomic E-state index is 2.41. The van der Waals surface area contributed by atoms with Crippen LogP contribution in [-0.4, -0.2) is 13.1 Å². The first-order valence-corrected chi connectivity index (χ1v) is 3.21. The average molecular weight is 100 g/mol. The molecule has 0 radical (unpaired) electrons. The minimum atomic E-state index is 0.980. The highest BCUT2D eigenvalue weighted by molar-refractivity contribution is 4.51. The lowest BCUT2D eigenvalue weighted by Gasteiger charge is -2.14. The quantitative estimate of drug-likeness (QED) is 0.440. The standard InChI is InChI=1S/C6H13N/c1-6-3-2-4-7-5-6/h6-7H,2-5H2,1H3/p+1/t6-/m1/s1. The molecule has 0 aromatic rings. The van der Waals surface area contributed by atoms with Gasteiger partial charge in [0.15, 0.2) is 0 Å². The monoisotopic (exact) mass is 100 g/mol. The molecule has 1 heterocycles. The van der Waals surface area contributed by atoms with E-state index in [2.05, 4.69) is 12.2 Å². The maximum Gasteiger partial charge on any atom is 0.0781 e. The molecule has 1 fully saturated rings. The summed E-state index contributed by atoms with van der Waals surface area (Å²) in [6.07, 6.45) is 2.89. The van der Waals surface area contributed by atoms with Gasteiger partial charge in [0.05, 0.1) is 13.1 Å². The van der Waals surface area contributed by atoms with Crippen LogP contribution in [0.2, 0.25) is 0 Å². The molecule has 0 spiro atoms. The number of hydrogen-bond acceptors (Lipinski definition) is 0. The van der Waals surface area contributed by atoms with E-state index in [1.807, 2.05) is 0 Å². The summed E-state index contributed by atoms with van der Waals surface area (Å²) in [4.78, 5) is 0. The zero-order valence-electron chi connectivity index (χ0n) is 4.98. The van der Waals surface area contributed by atoms with E-state index < -0.39 is 0 Å². The van der Waals surface area contributed by atoms with Crippen LogP contribution < -0.4 is 5.32 Å². The lowest BCUT2D eigenvalue weighted by atomic mass is 10.0. The first-order chi connectivity index (χ1) is 3.39. The van der Waals surface area contributed by atoms with Crippen molar-refractivity contribution in [3.8, 4) is 0 Å². The summed E-state index contributed by atoms with van der Waals surface area (Å²) < 4.78 is 0. The number of nitrogens with two attached hydrogens (primary N) is 1. The molecule has 0 bridgehead atoms. The van der Waals surface area contributed by atoms with Crippen molar-refractivity contribution < 1.29 is 5.32 Å². The number of quaternary nitrogens is 1. The van der Waals surface area contributed by atoms with Crippen LogP contribution in [0.4, 0.5) is 0 Å². The summed E-state index contributed by atoms with van der Waals surface area (Å²) in [7, 11) is 0. The second kappa shape index (κ2) is 2.31. The van der Waals surface area contributed by atoms with Crippen molar-refractivity contribution in [2.45, 2.75) is 19.8 Å². The molecule has 0 aromatic carbocycles. The summed E-state index contributed by atoms with van der Waals surface area (Å²) >= 11 is 0. The van der Waals surface area contributed by atoms with Gasteiger partial charge in [-0.15, -0.1) is 0 Å². The van der Waals surface area contributed by atoms with Gasteiger partial charge in [0, 0.05) is 5.92 Å². The Labute approximate surface area is 45.1 Å². The third-order valence-electron chi connectivity index (χ3n) is 1.67. The molecule has 0 unspecified atom stereocenters. The van der Waals surface area contributed by atoms with Crippen molar-refractivity contribution in [1.82, 2.24) is 0 Å². The zero-order chi connectivity index (χ0) is 5.11. The van der Waals surface area contributed by atoms with Crippen LogP contribution in [0.25, 0.3) is 0 Å². The largest absolute Gasteiger partial charge is 0.346 e. The fourth-order valence-corrected chi connectivity index (χ4v) is 1.13. The van der Waals surface area contributed by atoms with Gasteiger partial charge in [-0.05, 0) is 12.8 Å². The van der Waals surface area contributed by atoms with Crippen molar-refractivity contribution >= 4 is 0 Å². The molecule has 1 atom stereocenters. The molecule has 0 aliphatic carbocycles. The SMILES string of the molecule is C[C@@H]1CCC[NH2+]C1. The minimum Gasteiger partial charge on any atom is -0.346 e. The Hall–Kier alpha value is -0.0400. The predicted octanol–water partition coefficient (Wildman–Crippen LogP) is -0.0203. The van der Waals surface area contributed by atoms with Crippen molar-refractivity contribution in [2.24, 2.45) is 5.92 Å². The Morgan fingerprint density at radius 2 is 2.43 bits per heavy atom. The van der Waals surface area contributed by atoms with E-state index in [9.17, 15) is 0 Å². The molecule has 0 amide bonds. The highest BCUT2D eigenvalue weighted by atomic mass is 14.9. The Bertz CT molecular complexity index is 46.1. The molecule has 1 rings (SSSR count). The third kappa shape index (κ3) is 1.48. The van der Waals surface area contributed by atoms with Crippen LogP contribution in [-0.2, 0) is 0 Å². The Balaban J connectivity index is 2.12. The first-order valence-electron chi connectivity index (χ1n) is 3.21. The fraction of sp³-hybridized carbons (Fsp3) is 1.00. The summed E-state index contributed by atoms with van der Waals surface area (Å²) in [6, 6.07) is 0. The molecule has 7 heavy (non-hydrogen) atoms. The van der Waals surface area contributed by atoms with Crippen molar-refractivity contribution in [3.63, 3.8) is 0 Å². The summed E-state index contributed by atoms with van der Waals surface area (Å²) in [5, 5.41) is 2.41. The van der Waals surface area contributed by atoms with Crippen LogP contribution in [0.3, 0.4) is 0 Å². The fourth-order valence-electron chi connectivity index (χ4n) is 1.13. The molecule has 1 saturated heterocycles. The molecule has 1 aliphatic heterocycles. The van der Waals surface area contributed by atoms with Gasteiger partial charge in [-0.3, -0.25) is 0 Å². The number of piperidine rings is 1. The molecular weight excluding hydrogens is 86.1 g/mol. The molecule has 1 nitrogen and oxygen atoms in total. The number of rotatable bonds is 0. The second-order valence-corrected chi connectivity index (χ2v) is 2.56. The Morgan fingerprint density at radius 3 is 2.71 bits per heavy atom. The van der Waals surface area contributed by atoms with Crippen LogP contribution in [0.5, 0.6) is 0 Å². The topological polar surface area (TPSA) is 16.6 Å². The highest BCUT2D eigenvalue weighted by Crippen LogP contribution is 2.02. The Kier molecular flexibility index (Phi) is 1.69. The molecule has 42 valence electrons. The minimum absolute atomic E-state index is 0.980. The Morgan fingerprint density at radius 1 is 1.57 bits per heavy atom. The van der Waals surface area contributed by atoms with Crippen molar-refractivity contribution in [1.29, 1.82) is 0 Å². The second-order valence-electron chi connectivity index (χ2n) is 2.56. The van der Waals surface area contributed by atoms with Gasteiger partial charge < -0.3 is 5.32 Å². The van der Waals surface area contributed by atoms with Gasteiger partial charge in [-0.2, -0.15) is 0 Å². The first kappa shape index (κ1) is 5.10. The van der Waals surface area contributed by atoms with Gasteiger partial charge >= 0.3 is 0 Å². The van der Waals surface area contributed by atoms with Crippen LogP contribution in [0, 0.1) is 5.92 Å². The lowest BCUT2D eigenvalue weighted by Crippen LogP contribution is -2.87. The third-order valence-corrected chi connectivity index (χ3v) is 1.67. The average Bonchev–Trinajstić information content (AvgIpc) is 1.69. The summed E-state index contributed by atoms with van der Waals surface area (Å²) in [5.74, 6) is 0.980. The molecule has 0 saturated carbocycles. The predicted molar refractivity (Wildman–Crippen MR) is 30.1 cm³/mol. The van der Waals surface area contributed by atoms with E-state index in [1.165, 1.54) is 25.9 Å². The molecular formula is C6H14N+. The van der Waals surface area contributed by atoms with Gasteiger partial charge in [0.1, 0.15) is 0 Å². The lowest BCUT2D eigenvalue weighted by molar-refractivity contribution is -0.668. The van der Waals surface area contributed by atoms with Gasteiger partial charge in [0.25, 0.3) is 0 Å². The zero-order valence-corrected chi connectivity index (χ0v) is 4.98. The van der Waals surface area contributed by atoms with E-state index in [4.69, 9.17) is 0 Å². The molecule has 0 aromatic heterocycles. The van der Waals surface area contributed by atoms with Crippen molar-refractivity contribution in [2.75, 3.05) is 13.1 Å². The van der Waals surface area contributed by atoms with Crippen LogP contribution in [0.1, 0.15) is 19.8 Å². The van der Waals surface area contributed by atoms with E-state index in [0.717, 1.165) is 5.92 Å². The normalized spacial score (nSPS) is 33.0. The van der Waals surface area contributed by atoms with E-state index in [-0.39, 0.29) is 0 Å². The van der Waals surface area contributed by atoms with Crippen LogP contribution >= 0.6 is 0 Å². The van der Waals surface area contributed by atoms with E-state index in [1.54, 1.807) is 0 Å². The highest BCUT2D eigenvalue weighted by Gasteiger charge is 2.08. The van der Waals surface area contributed by atoms with Crippen molar-refractivity contribution in [3.05, 3.63) is 0 Å². The van der Waals surface area contributed by atoms with E-state index in [0.29, 0.717) is 0 Å². The maximum absolute atomic E-state index is 2.41. The van der Waals surface area contributed by atoms with Gasteiger partial charge in [0.2, 0.25) is 0 Å². The molecule has 2 N–H and O–H groups in total. The molecule has 1 heteroatoms. The van der Waals surface area contributed by atoms with Crippen LogP contribution in [0.15, 0.2) is 0 Å². The van der Waals surface area contributed by atoms with Gasteiger partial charge in [-0.25, -0.2) is 0 Å². The summed E-state index contributed by atoms with van der Waals surface area (Å²) in [5.41, 5.74) is 0. The smallest absolute Gasteiger partial charge is 0.0781 e. The summed E-state index contributed by atoms with van der Waals surface area (Å²) in [6.45, 7) is 5.06. The number of hydrogen-bond donors (Lipinski definition) is 1. The molecule has 1 aliphatic rings.